The zero-order valence-electron chi connectivity index (χ0n) is 17.0. The molecule has 0 spiro atoms. The number of fused-ring (bicyclic) bond motifs is 1. The molecule has 0 aliphatic carbocycles. The van der Waals surface area contributed by atoms with Gasteiger partial charge < -0.3 is 14.9 Å². The third-order valence-corrected chi connectivity index (χ3v) is 5.98. The number of hydrogen-bond donors (Lipinski definition) is 2. The molecule has 1 saturated heterocycles. The van der Waals surface area contributed by atoms with E-state index in [9.17, 15) is 10.2 Å². The molecule has 1 atom stereocenters. The van der Waals surface area contributed by atoms with Gasteiger partial charge in [-0.3, -0.25) is 9.80 Å². The van der Waals surface area contributed by atoms with Gasteiger partial charge in [-0.25, -0.2) is 0 Å². The first-order chi connectivity index (χ1) is 14.2. The molecule has 0 saturated carbocycles. The quantitative estimate of drug-likeness (QED) is 0.753. The molecule has 2 aliphatic rings. The number of aliphatic hydroxyl groups excluding tert-OH is 2. The van der Waals surface area contributed by atoms with Crippen LogP contribution in [0.1, 0.15) is 29.5 Å². The molecule has 2 N–H and O–H groups in total. The second-order valence-corrected chi connectivity index (χ2v) is 8.37. The Morgan fingerprint density at radius 1 is 0.966 bits per heavy atom. The van der Waals surface area contributed by atoms with E-state index in [2.05, 4.69) is 46.2 Å². The largest absolute Gasteiger partial charge is 0.491 e. The first-order valence-corrected chi connectivity index (χ1v) is 10.7. The van der Waals surface area contributed by atoms with Crippen LogP contribution in [0.3, 0.4) is 0 Å². The van der Waals surface area contributed by atoms with Crippen LogP contribution in [0.2, 0.25) is 0 Å². The Balaban J connectivity index is 1.24. The van der Waals surface area contributed by atoms with E-state index in [0.717, 1.165) is 57.7 Å². The number of benzene rings is 2. The Bertz CT molecular complexity index is 789. The van der Waals surface area contributed by atoms with Gasteiger partial charge in [0.15, 0.2) is 0 Å². The molecular weight excluding hydrogens is 364 g/mol. The van der Waals surface area contributed by atoms with Crippen LogP contribution in [0.15, 0.2) is 48.5 Å². The molecule has 5 heteroatoms. The van der Waals surface area contributed by atoms with E-state index in [4.69, 9.17) is 4.74 Å². The lowest BCUT2D eigenvalue weighted by Crippen LogP contribution is -2.38. The van der Waals surface area contributed by atoms with Crippen molar-refractivity contribution in [3.8, 4) is 5.75 Å². The molecule has 2 aromatic carbocycles. The first-order valence-electron chi connectivity index (χ1n) is 10.7. The van der Waals surface area contributed by atoms with Crippen LogP contribution < -0.4 is 4.74 Å². The minimum absolute atomic E-state index is 0.143. The summed E-state index contributed by atoms with van der Waals surface area (Å²) in [4.78, 5) is 4.67. The number of ether oxygens (including phenoxy) is 1. The summed E-state index contributed by atoms with van der Waals surface area (Å²) in [5.41, 5.74) is 4.00. The van der Waals surface area contributed by atoms with Gasteiger partial charge in [0.25, 0.3) is 0 Å². The highest BCUT2D eigenvalue weighted by Gasteiger charge is 2.19. The monoisotopic (exact) mass is 396 g/mol. The van der Waals surface area contributed by atoms with Gasteiger partial charge in [-0.1, -0.05) is 36.4 Å². The highest BCUT2D eigenvalue weighted by atomic mass is 16.5. The number of β-amino-alcohol motifs (C(OH)–C–C–N with tert-alkyl or cyclic N) is 1. The molecule has 0 aromatic heterocycles. The molecule has 29 heavy (non-hydrogen) atoms. The number of rotatable bonds is 7. The van der Waals surface area contributed by atoms with Gasteiger partial charge in [0.1, 0.15) is 18.5 Å². The predicted octanol–water partition coefficient (Wildman–Crippen LogP) is 2.44. The van der Waals surface area contributed by atoms with Crippen LogP contribution in [0.5, 0.6) is 5.75 Å². The van der Waals surface area contributed by atoms with Crippen molar-refractivity contribution in [3.05, 3.63) is 65.2 Å². The third kappa shape index (κ3) is 5.80. The molecule has 2 heterocycles. The fraction of sp³-hybridized carbons (Fsp3) is 0.500. The zero-order valence-corrected chi connectivity index (χ0v) is 17.0. The van der Waals surface area contributed by atoms with Crippen LogP contribution >= 0.6 is 0 Å². The van der Waals surface area contributed by atoms with Crippen molar-refractivity contribution in [1.82, 2.24) is 9.80 Å². The maximum absolute atomic E-state index is 10.5. The van der Waals surface area contributed by atoms with Gasteiger partial charge in [-0.2, -0.15) is 0 Å². The van der Waals surface area contributed by atoms with E-state index in [1.807, 2.05) is 12.1 Å². The van der Waals surface area contributed by atoms with E-state index in [-0.39, 0.29) is 6.10 Å². The Kier molecular flexibility index (Phi) is 6.82. The van der Waals surface area contributed by atoms with Crippen molar-refractivity contribution in [2.24, 2.45) is 0 Å². The summed E-state index contributed by atoms with van der Waals surface area (Å²) in [6.45, 7) is 5.55. The van der Waals surface area contributed by atoms with E-state index < -0.39 is 6.10 Å². The average molecular weight is 397 g/mol. The van der Waals surface area contributed by atoms with Crippen molar-refractivity contribution in [3.63, 3.8) is 0 Å². The second-order valence-electron chi connectivity index (χ2n) is 8.37. The third-order valence-electron chi connectivity index (χ3n) is 5.98. The maximum atomic E-state index is 10.5. The van der Waals surface area contributed by atoms with Crippen molar-refractivity contribution in [2.75, 3.05) is 32.8 Å². The zero-order chi connectivity index (χ0) is 20.1. The number of nitrogens with zero attached hydrogens (tertiary/aromatic N) is 2. The van der Waals surface area contributed by atoms with Crippen LogP contribution in [0.25, 0.3) is 0 Å². The molecule has 0 amide bonds. The predicted molar refractivity (Wildman–Crippen MR) is 114 cm³/mol. The minimum atomic E-state index is -0.507. The van der Waals surface area contributed by atoms with Crippen molar-refractivity contribution in [1.29, 1.82) is 0 Å². The van der Waals surface area contributed by atoms with Crippen LogP contribution in [-0.4, -0.2) is 65.0 Å². The standard InChI is InChI=1S/C24H32N2O3/c27-22-9-12-25(13-10-22)15-19-4-3-7-24(14-19)29-18-23(28)17-26-11-8-20-5-1-2-6-21(20)16-26/h1-7,14,22-23,27-28H,8-13,15-18H2/t23-/m1/s1. The molecule has 0 bridgehead atoms. The Morgan fingerprint density at radius 3 is 2.59 bits per heavy atom. The van der Waals surface area contributed by atoms with E-state index in [1.54, 1.807) is 0 Å². The lowest BCUT2D eigenvalue weighted by molar-refractivity contribution is 0.0636. The summed E-state index contributed by atoms with van der Waals surface area (Å²) in [6, 6.07) is 16.7. The van der Waals surface area contributed by atoms with Crippen molar-refractivity contribution in [2.45, 2.75) is 44.6 Å². The van der Waals surface area contributed by atoms with E-state index in [0.29, 0.717) is 13.2 Å². The second kappa shape index (κ2) is 9.72. The van der Waals surface area contributed by atoms with Crippen molar-refractivity contribution >= 4 is 0 Å². The number of likely N-dealkylation sites (tertiary alicyclic amines) is 1. The molecule has 5 nitrogen and oxygen atoms in total. The SMILES string of the molecule is OC1CCN(Cc2cccc(OC[C@H](O)CN3CCc4ccccc4C3)c2)CC1. The molecule has 2 aromatic rings. The van der Waals surface area contributed by atoms with E-state index >= 15 is 0 Å². The molecule has 4 rings (SSSR count). The first kappa shape index (κ1) is 20.4. The Hall–Kier alpha value is -1.92. The highest BCUT2D eigenvalue weighted by molar-refractivity contribution is 5.29. The highest BCUT2D eigenvalue weighted by Crippen LogP contribution is 2.20. The maximum Gasteiger partial charge on any atom is 0.119 e. The van der Waals surface area contributed by atoms with Gasteiger partial charge in [-0.05, 0) is 48.1 Å². The summed E-state index contributed by atoms with van der Waals surface area (Å²) in [7, 11) is 0. The van der Waals surface area contributed by atoms with Gasteiger partial charge >= 0.3 is 0 Å². The average Bonchev–Trinajstić information content (AvgIpc) is 2.74. The van der Waals surface area contributed by atoms with Gasteiger partial charge in [-0.15, -0.1) is 0 Å². The normalized spacial score (nSPS) is 19.7. The fourth-order valence-electron chi connectivity index (χ4n) is 4.32. The van der Waals surface area contributed by atoms with Crippen molar-refractivity contribution < 1.29 is 14.9 Å². The summed E-state index contributed by atoms with van der Waals surface area (Å²) >= 11 is 0. The van der Waals surface area contributed by atoms with Gasteiger partial charge in [0.05, 0.1) is 6.10 Å². The summed E-state index contributed by atoms with van der Waals surface area (Å²) in [6.07, 6.45) is 2.09. The molecule has 1 fully saturated rings. The van der Waals surface area contributed by atoms with Crippen LogP contribution in [0, 0.1) is 0 Å². The lowest BCUT2D eigenvalue weighted by atomic mass is 10.00. The van der Waals surface area contributed by atoms with E-state index in [1.165, 1.54) is 16.7 Å². The number of hydrogen-bond acceptors (Lipinski definition) is 5. The molecule has 2 aliphatic heterocycles. The van der Waals surface area contributed by atoms with Gasteiger partial charge in [0.2, 0.25) is 0 Å². The molecular formula is C24H32N2O3. The topological polar surface area (TPSA) is 56.2 Å². The summed E-state index contributed by atoms with van der Waals surface area (Å²) in [5.74, 6) is 0.808. The van der Waals surface area contributed by atoms with Crippen LogP contribution in [-0.2, 0) is 19.5 Å². The van der Waals surface area contributed by atoms with Gasteiger partial charge in [0, 0.05) is 39.3 Å². The Morgan fingerprint density at radius 2 is 1.76 bits per heavy atom. The lowest BCUT2D eigenvalue weighted by Gasteiger charge is -2.30. The molecule has 0 radical (unpaired) electrons. The molecule has 156 valence electrons. The molecule has 0 unspecified atom stereocenters. The smallest absolute Gasteiger partial charge is 0.119 e. The van der Waals surface area contributed by atoms with Crippen LogP contribution in [0.4, 0.5) is 0 Å². The Labute approximate surface area is 173 Å². The number of aliphatic hydroxyl groups is 2. The summed E-state index contributed by atoms with van der Waals surface area (Å²) in [5, 5.41) is 20.1. The fourth-order valence-corrected chi connectivity index (χ4v) is 4.32. The summed E-state index contributed by atoms with van der Waals surface area (Å²) < 4.78 is 5.89. The number of piperidine rings is 1. The minimum Gasteiger partial charge on any atom is -0.491 e.